The monoisotopic (exact) mass is 368 g/mol. The van der Waals surface area contributed by atoms with Crippen molar-refractivity contribution in [3.05, 3.63) is 59.2 Å². The van der Waals surface area contributed by atoms with E-state index in [1.165, 1.54) is 14.0 Å². The molecular formula is C21H24N2O4. The summed E-state index contributed by atoms with van der Waals surface area (Å²) < 4.78 is 4.73. The highest BCUT2D eigenvalue weighted by Crippen LogP contribution is 2.25. The van der Waals surface area contributed by atoms with Crippen molar-refractivity contribution in [3.63, 3.8) is 0 Å². The first-order valence-electron chi connectivity index (χ1n) is 8.66. The molecule has 0 aliphatic heterocycles. The minimum atomic E-state index is -0.521. The lowest BCUT2D eigenvalue weighted by Crippen LogP contribution is -2.33. The molecule has 142 valence electrons. The molecule has 2 amide bonds. The molecule has 6 heteroatoms. The van der Waals surface area contributed by atoms with Gasteiger partial charge in [0.05, 0.1) is 18.4 Å². The van der Waals surface area contributed by atoms with Gasteiger partial charge in [0.15, 0.2) is 0 Å². The topological polar surface area (TPSA) is 75.7 Å². The van der Waals surface area contributed by atoms with Crippen molar-refractivity contribution < 1.29 is 19.1 Å². The molecule has 0 atom stereocenters. The molecule has 2 aromatic rings. The molecule has 0 bridgehead atoms. The molecule has 0 aromatic heterocycles. The van der Waals surface area contributed by atoms with Crippen LogP contribution in [0.3, 0.4) is 0 Å². The second-order valence-electron chi connectivity index (χ2n) is 6.25. The van der Waals surface area contributed by atoms with Gasteiger partial charge < -0.3 is 15.0 Å². The Morgan fingerprint density at radius 3 is 2.22 bits per heavy atom. The number of benzene rings is 2. The van der Waals surface area contributed by atoms with Crippen molar-refractivity contribution in [2.45, 2.75) is 27.2 Å². The van der Waals surface area contributed by atoms with Crippen molar-refractivity contribution in [3.8, 4) is 0 Å². The number of esters is 1. The largest absolute Gasteiger partial charge is 0.465 e. The van der Waals surface area contributed by atoms with Crippen LogP contribution in [0.4, 0.5) is 11.4 Å². The summed E-state index contributed by atoms with van der Waals surface area (Å²) in [6, 6.07) is 12.4. The van der Waals surface area contributed by atoms with Crippen LogP contribution >= 0.6 is 0 Å². The average Bonchev–Trinajstić information content (AvgIpc) is 2.63. The van der Waals surface area contributed by atoms with Crippen LogP contribution in [-0.4, -0.2) is 31.4 Å². The number of nitrogens with one attached hydrogen (secondary N) is 1. The number of anilines is 2. The molecule has 2 rings (SSSR count). The zero-order chi connectivity index (χ0) is 20.0. The summed E-state index contributed by atoms with van der Waals surface area (Å²) in [5, 5.41) is 2.72. The number of hydrogen-bond acceptors (Lipinski definition) is 4. The van der Waals surface area contributed by atoms with Crippen LogP contribution in [-0.2, 0) is 14.3 Å². The van der Waals surface area contributed by atoms with Crippen LogP contribution in [0.25, 0.3) is 0 Å². The number of aryl methyl sites for hydroxylation is 2. The first-order chi connectivity index (χ1) is 12.8. The molecule has 0 heterocycles. The SMILES string of the molecule is COC(=O)c1ccccc1NC(=O)CCN(C(C)=O)c1c(C)cccc1C. The highest BCUT2D eigenvalue weighted by Gasteiger charge is 2.18. The Morgan fingerprint density at radius 2 is 1.63 bits per heavy atom. The minimum absolute atomic E-state index is 0.100. The number of para-hydroxylation sites is 2. The lowest BCUT2D eigenvalue weighted by atomic mass is 10.1. The summed E-state index contributed by atoms with van der Waals surface area (Å²) in [5.41, 5.74) is 3.44. The lowest BCUT2D eigenvalue weighted by Gasteiger charge is -2.25. The van der Waals surface area contributed by atoms with Gasteiger partial charge in [0.1, 0.15) is 0 Å². The lowest BCUT2D eigenvalue weighted by molar-refractivity contribution is -0.117. The molecule has 0 saturated heterocycles. The van der Waals surface area contributed by atoms with Crippen LogP contribution in [0, 0.1) is 13.8 Å². The van der Waals surface area contributed by atoms with Crippen molar-refractivity contribution in [2.24, 2.45) is 0 Å². The molecule has 0 unspecified atom stereocenters. The second kappa shape index (κ2) is 8.98. The van der Waals surface area contributed by atoms with E-state index in [1.807, 2.05) is 32.0 Å². The van der Waals surface area contributed by atoms with Gasteiger partial charge in [-0.05, 0) is 37.1 Å². The molecule has 2 aromatic carbocycles. The number of amides is 2. The number of ether oxygens (including phenoxy) is 1. The van der Waals surface area contributed by atoms with Gasteiger partial charge in [0.25, 0.3) is 0 Å². The van der Waals surface area contributed by atoms with Crippen LogP contribution in [0.1, 0.15) is 34.8 Å². The number of hydrogen-bond donors (Lipinski definition) is 1. The zero-order valence-electron chi connectivity index (χ0n) is 16.0. The van der Waals surface area contributed by atoms with E-state index in [1.54, 1.807) is 29.2 Å². The van der Waals surface area contributed by atoms with Gasteiger partial charge >= 0.3 is 5.97 Å². The van der Waals surface area contributed by atoms with E-state index < -0.39 is 5.97 Å². The number of nitrogens with zero attached hydrogens (tertiary/aromatic N) is 1. The number of carbonyl (C=O) groups is 3. The minimum Gasteiger partial charge on any atom is -0.465 e. The van der Waals surface area contributed by atoms with Crippen LogP contribution < -0.4 is 10.2 Å². The maximum atomic E-state index is 12.4. The highest BCUT2D eigenvalue weighted by atomic mass is 16.5. The van der Waals surface area contributed by atoms with E-state index in [9.17, 15) is 14.4 Å². The summed E-state index contributed by atoms with van der Waals surface area (Å²) in [5.74, 6) is -0.939. The molecule has 0 fully saturated rings. The summed E-state index contributed by atoms with van der Waals surface area (Å²) in [6.45, 7) is 5.60. The summed E-state index contributed by atoms with van der Waals surface area (Å²) in [6.07, 6.45) is 0.100. The van der Waals surface area contributed by atoms with E-state index >= 15 is 0 Å². The molecule has 0 aliphatic rings. The highest BCUT2D eigenvalue weighted by molar-refractivity contribution is 6.01. The Morgan fingerprint density at radius 1 is 1.00 bits per heavy atom. The summed E-state index contributed by atoms with van der Waals surface area (Å²) >= 11 is 0. The molecule has 0 aliphatic carbocycles. The number of rotatable bonds is 6. The van der Waals surface area contributed by atoms with Gasteiger partial charge in [-0.3, -0.25) is 9.59 Å². The second-order valence-corrected chi connectivity index (χ2v) is 6.25. The molecule has 0 spiro atoms. The van der Waals surface area contributed by atoms with Crippen molar-refractivity contribution >= 4 is 29.2 Å². The Bertz CT molecular complexity index is 841. The predicted octanol–water partition coefficient (Wildman–Crippen LogP) is 3.47. The van der Waals surface area contributed by atoms with Crippen molar-refractivity contribution in [1.82, 2.24) is 0 Å². The third-order valence-electron chi connectivity index (χ3n) is 4.26. The zero-order valence-corrected chi connectivity index (χ0v) is 16.0. The normalized spacial score (nSPS) is 10.2. The molecule has 0 saturated carbocycles. The van der Waals surface area contributed by atoms with Gasteiger partial charge in [-0.25, -0.2) is 4.79 Å². The van der Waals surface area contributed by atoms with Crippen LogP contribution in [0.5, 0.6) is 0 Å². The smallest absolute Gasteiger partial charge is 0.339 e. The first-order valence-corrected chi connectivity index (χ1v) is 8.66. The van der Waals surface area contributed by atoms with Crippen LogP contribution in [0.2, 0.25) is 0 Å². The Kier molecular flexibility index (Phi) is 6.71. The Hall–Kier alpha value is -3.15. The molecule has 0 radical (unpaired) electrons. The average molecular weight is 368 g/mol. The fourth-order valence-electron chi connectivity index (χ4n) is 2.96. The van der Waals surface area contributed by atoms with E-state index in [-0.39, 0.29) is 30.3 Å². The fourth-order valence-corrected chi connectivity index (χ4v) is 2.96. The van der Waals surface area contributed by atoms with E-state index in [4.69, 9.17) is 4.74 Å². The van der Waals surface area contributed by atoms with Gasteiger partial charge in [-0.15, -0.1) is 0 Å². The molecular weight excluding hydrogens is 344 g/mol. The first kappa shape index (κ1) is 20.2. The standard InChI is InChI=1S/C21H24N2O4/c1-14-8-7-9-15(2)20(14)23(16(3)24)13-12-19(25)22-18-11-6-5-10-17(18)21(26)27-4/h5-11H,12-13H2,1-4H3,(H,22,25). The Labute approximate surface area is 159 Å². The number of carbonyl (C=O) groups excluding carboxylic acids is 3. The van der Waals surface area contributed by atoms with Gasteiger partial charge in [-0.1, -0.05) is 30.3 Å². The third-order valence-corrected chi connectivity index (χ3v) is 4.26. The predicted molar refractivity (Wildman–Crippen MR) is 105 cm³/mol. The van der Waals surface area contributed by atoms with Crippen molar-refractivity contribution in [2.75, 3.05) is 23.9 Å². The molecule has 1 N–H and O–H groups in total. The molecule has 27 heavy (non-hydrogen) atoms. The number of methoxy groups -OCH3 is 1. The van der Waals surface area contributed by atoms with E-state index in [2.05, 4.69) is 5.32 Å². The van der Waals surface area contributed by atoms with Crippen LogP contribution in [0.15, 0.2) is 42.5 Å². The maximum Gasteiger partial charge on any atom is 0.339 e. The Balaban J connectivity index is 2.12. The van der Waals surface area contributed by atoms with Crippen molar-refractivity contribution in [1.29, 1.82) is 0 Å². The van der Waals surface area contributed by atoms with Gasteiger partial charge in [-0.2, -0.15) is 0 Å². The third kappa shape index (κ3) is 4.94. The quantitative estimate of drug-likeness (QED) is 0.792. The maximum absolute atomic E-state index is 12.4. The van der Waals surface area contributed by atoms with E-state index in [0.29, 0.717) is 5.69 Å². The molecule has 6 nitrogen and oxygen atoms in total. The van der Waals surface area contributed by atoms with Gasteiger partial charge in [0, 0.05) is 25.6 Å². The fraction of sp³-hybridized carbons (Fsp3) is 0.286. The summed E-state index contributed by atoms with van der Waals surface area (Å²) in [7, 11) is 1.29. The van der Waals surface area contributed by atoms with E-state index in [0.717, 1.165) is 16.8 Å². The summed E-state index contributed by atoms with van der Waals surface area (Å²) in [4.78, 5) is 37.9. The van der Waals surface area contributed by atoms with Gasteiger partial charge in [0.2, 0.25) is 11.8 Å².